The topological polar surface area (TPSA) is 71.9 Å². The minimum Gasteiger partial charge on any atom is -0.455 e. The normalized spacial score (nSPS) is 10.5. The maximum absolute atomic E-state index is 8.70. The van der Waals surface area contributed by atoms with Gasteiger partial charge in [0.15, 0.2) is 5.60 Å². The minimum atomic E-state index is -0.900. The van der Waals surface area contributed by atoms with Crippen molar-refractivity contribution in [3.05, 3.63) is 18.3 Å². The van der Waals surface area contributed by atoms with Crippen LogP contribution in [0.15, 0.2) is 18.3 Å². The summed E-state index contributed by atoms with van der Waals surface area (Å²) < 4.78 is 5.28. The monoisotopic (exact) mass is 177 g/mol. The maximum atomic E-state index is 8.70. The molecule has 1 heterocycles. The molecule has 0 saturated carbocycles. The molecule has 1 aromatic heterocycles. The molecule has 4 heteroatoms. The number of pyridine rings is 1. The zero-order valence-corrected chi connectivity index (χ0v) is 7.61. The predicted octanol–water partition coefficient (Wildman–Crippen LogP) is 1.34. The molecule has 0 fully saturated rings. The molecular formula is C9H11N3O. The van der Waals surface area contributed by atoms with Gasteiger partial charge in [-0.15, -0.1) is 0 Å². The lowest BCUT2D eigenvalue weighted by molar-refractivity contribution is 0.163. The molecular weight excluding hydrogens is 166 g/mol. The van der Waals surface area contributed by atoms with Crippen LogP contribution in [0.5, 0.6) is 5.88 Å². The Morgan fingerprint density at radius 2 is 2.31 bits per heavy atom. The van der Waals surface area contributed by atoms with E-state index in [2.05, 4.69) is 4.98 Å². The Kier molecular flexibility index (Phi) is 2.38. The summed E-state index contributed by atoms with van der Waals surface area (Å²) in [5, 5.41) is 8.70. The molecule has 0 radical (unpaired) electrons. The number of nitrogens with two attached hydrogens (primary N) is 1. The number of nitrogen functional groups attached to an aromatic ring is 1. The highest BCUT2D eigenvalue weighted by molar-refractivity contribution is 5.47. The molecule has 0 aromatic carbocycles. The molecule has 2 N–H and O–H groups in total. The lowest BCUT2D eigenvalue weighted by atomic mass is 10.2. The number of nitriles is 1. The molecule has 0 spiro atoms. The van der Waals surface area contributed by atoms with Crippen LogP contribution in [-0.4, -0.2) is 10.6 Å². The van der Waals surface area contributed by atoms with Crippen molar-refractivity contribution in [3.63, 3.8) is 0 Å². The van der Waals surface area contributed by atoms with Crippen molar-refractivity contribution in [2.24, 2.45) is 0 Å². The van der Waals surface area contributed by atoms with E-state index in [1.165, 1.54) is 0 Å². The first kappa shape index (κ1) is 9.33. The Morgan fingerprint density at radius 1 is 1.62 bits per heavy atom. The molecule has 0 saturated heterocycles. The van der Waals surface area contributed by atoms with E-state index in [4.69, 9.17) is 15.7 Å². The number of anilines is 1. The second kappa shape index (κ2) is 3.31. The van der Waals surface area contributed by atoms with E-state index in [0.29, 0.717) is 11.6 Å². The van der Waals surface area contributed by atoms with Gasteiger partial charge in [-0.25, -0.2) is 4.98 Å². The Balaban J connectivity index is 2.88. The summed E-state index contributed by atoms with van der Waals surface area (Å²) in [7, 11) is 0. The van der Waals surface area contributed by atoms with Crippen molar-refractivity contribution in [1.29, 1.82) is 5.26 Å². The summed E-state index contributed by atoms with van der Waals surface area (Å²) in [4.78, 5) is 3.91. The van der Waals surface area contributed by atoms with Crippen molar-refractivity contribution < 1.29 is 4.74 Å². The summed E-state index contributed by atoms with van der Waals surface area (Å²) in [5.74, 6) is 0.300. The van der Waals surface area contributed by atoms with Crippen LogP contribution in [0, 0.1) is 11.3 Å². The number of nitrogens with zero attached hydrogens (tertiary/aromatic N) is 2. The first-order valence-electron chi connectivity index (χ1n) is 3.86. The molecule has 4 nitrogen and oxygen atoms in total. The lowest BCUT2D eigenvalue weighted by Gasteiger charge is -2.17. The van der Waals surface area contributed by atoms with E-state index < -0.39 is 5.60 Å². The van der Waals surface area contributed by atoms with Crippen LogP contribution in [0.4, 0.5) is 5.69 Å². The standard InChI is InChI=1S/C9H11N3O/c1-9(2,6-10)13-8-7(11)4-3-5-12-8/h3-5H,11H2,1-2H3. The number of hydrogen-bond acceptors (Lipinski definition) is 4. The predicted molar refractivity (Wildman–Crippen MR) is 49.0 cm³/mol. The van der Waals surface area contributed by atoms with Gasteiger partial charge >= 0.3 is 0 Å². The number of aromatic nitrogens is 1. The van der Waals surface area contributed by atoms with Crippen molar-refractivity contribution in [1.82, 2.24) is 4.98 Å². The first-order chi connectivity index (χ1) is 6.05. The van der Waals surface area contributed by atoms with Crippen LogP contribution in [0.25, 0.3) is 0 Å². The highest BCUT2D eigenvalue weighted by Crippen LogP contribution is 2.21. The average Bonchev–Trinajstić information content (AvgIpc) is 2.09. The summed E-state index contributed by atoms with van der Waals surface area (Å²) in [5.41, 5.74) is 5.12. The van der Waals surface area contributed by atoms with Gasteiger partial charge in [0.1, 0.15) is 6.07 Å². The summed E-state index contributed by atoms with van der Waals surface area (Å²) >= 11 is 0. The second-order valence-corrected chi connectivity index (χ2v) is 3.12. The van der Waals surface area contributed by atoms with Crippen LogP contribution < -0.4 is 10.5 Å². The van der Waals surface area contributed by atoms with Crippen LogP contribution in [0.1, 0.15) is 13.8 Å². The van der Waals surface area contributed by atoms with Crippen LogP contribution in [0.3, 0.4) is 0 Å². The van der Waals surface area contributed by atoms with Gasteiger partial charge in [-0.3, -0.25) is 0 Å². The van der Waals surface area contributed by atoms with Gasteiger partial charge < -0.3 is 10.5 Å². The van der Waals surface area contributed by atoms with Gasteiger partial charge in [0.2, 0.25) is 5.88 Å². The number of hydrogen-bond donors (Lipinski definition) is 1. The van der Waals surface area contributed by atoms with E-state index >= 15 is 0 Å². The largest absolute Gasteiger partial charge is 0.455 e. The van der Waals surface area contributed by atoms with Crippen LogP contribution in [0.2, 0.25) is 0 Å². The third-order valence-electron chi connectivity index (χ3n) is 1.42. The van der Waals surface area contributed by atoms with E-state index in [1.54, 1.807) is 32.2 Å². The maximum Gasteiger partial charge on any atom is 0.238 e. The van der Waals surface area contributed by atoms with Gasteiger partial charge in [0.05, 0.1) is 5.69 Å². The van der Waals surface area contributed by atoms with E-state index in [9.17, 15) is 0 Å². The molecule has 0 bridgehead atoms. The number of ether oxygens (including phenoxy) is 1. The van der Waals surface area contributed by atoms with Gasteiger partial charge in [-0.2, -0.15) is 5.26 Å². The highest BCUT2D eigenvalue weighted by Gasteiger charge is 2.20. The van der Waals surface area contributed by atoms with Crippen molar-refractivity contribution in [3.8, 4) is 11.9 Å². The minimum absolute atomic E-state index is 0.300. The molecule has 1 rings (SSSR count). The Labute approximate surface area is 77.0 Å². The molecule has 0 atom stereocenters. The SMILES string of the molecule is CC(C)(C#N)Oc1ncccc1N. The fraction of sp³-hybridized carbons (Fsp3) is 0.333. The number of rotatable bonds is 2. The Bertz CT molecular complexity index is 341. The third kappa shape index (κ3) is 2.34. The molecule has 0 aliphatic heterocycles. The quantitative estimate of drug-likeness (QED) is 0.740. The Hall–Kier alpha value is -1.76. The van der Waals surface area contributed by atoms with Crippen LogP contribution >= 0.6 is 0 Å². The fourth-order valence-corrected chi connectivity index (χ4v) is 0.753. The van der Waals surface area contributed by atoms with Crippen molar-refractivity contribution in [2.45, 2.75) is 19.4 Å². The smallest absolute Gasteiger partial charge is 0.238 e. The van der Waals surface area contributed by atoms with Crippen molar-refractivity contribution in [2.75, 3.05) is 5.73 Å². The molecule has 68 valence electrons. The van der Waals surface area contributed by atoms with Gasteiger partial charge in [0, 0.05) is 6.20 Å². The summed E-state index contributed by atoms with van der Waals surface area (Å²) in [6.45, 7) is 3.31. The molecule has 0 amide bonds. The van der Waals surface area contributed by atoms with E-state index in [-0.39, 0.29) is 0 Å². The van der Waals surface area contributed by atoms with Gasteiger partial charge in [0.25, 0.3) is 0 Å². The zero-order valence-electron chi connectivity index (χ0n) is 7.61. The highest BCUT2D eigenvalue weighted by atomic mass is 16.5. The summed E-state index contributed by atoms with van der Waals surface area (Å²) in [6, 6.07) is 5.39. The second-order valence-electron chi connectivity index (χ2n) is 3.12. The Morgan fingerprint density at radius 3 is 2.85 bits per heavy atom. The molecule has 0 aliphatic carbocycles. The van der Waals surface area contributed by atoms with Gasteiger partial charge in [-0.05, 0) is 26.0 Å². The van der Waals surface area contributed by atoms with E-state index in [1.807, 2.05) is 6.07 Å². The fourth-order valence-electron chi connectivity index (χ4n) is 0.753. The molecule has 13 heavy (non-hydrogen) atoms. The van der Waals surface area contributed by atoms with E-state index in [0.717, 1.165) is 0 Å². The lowest BCUT2D eigenvalue weighted by Crippen LogP contribution is -2.26. The van der Waals surface area contributed by atoms with Gasteiger partial charge in [-0.1, -0.05) is 0 Å². The summed E-state index contributed by atoms with van der Waals surface area (Å²) in [6.07, 6.45) is 1.57. The molecule has 1 aromatic rings. The first-order valence-corrected chi connectivity index (χ1v) is 3.86. The average molecular weight is 177 g/mol. The van der Waals surface area contributed by atoms with Crippen LogP contribution in [-0.2, 0) is 0 Å². The van der Waals surface area contributed by atoms with Crippen molar-refractivity contribution >= 4 is 5.69 Å². The zero-order chi connectivity index (χ0) is 9.90. The molecule has 0 unspecified atom stereocenters. The third-order valence-corrected chi connectivity index (χ3v) is 1.42. The molecule has 0 aliphatic rings.